The third kappa shape index (κ3) is 7.17. The van der Waals surface area contributed by atoms with Crippen molar-refractivity contribution in [1.82, 2.24) is 9.62 Å². The van der Waals surface area contributed by atoms with Crippen LogP contribution < -0.4 is 20.5 Å². The SMILES string of the molecule is COc1ccc(S(=O)(=O)N2CCC3(CC2)CC(NCC(O)COc2cccc(S(=O)(=O)C4(CO)CC4)c2)CO3)cc1-c1ccc(C2(N)CC2)cc1. The molecule has 4 fully saturated rings. The highest BCUT2D eigenvalue weighted by atomic mass is 32.2. The molecule has 5 N–H and O–H groups in total. The zero-order valence-electron chi connectivity index (χ0n) is 28.8. The van der Waals surface area contributed by atoms with Gasteiger partial charge in [0.1, 0.15) is 24.2 Å². The van der Waals surface area contributed by atoms with Gasteiger partial charge in [-0.1, -0.05) is 30.3 Å². The van der Waals surface area contributed by atoms with Crippen molar-refractivity contribution in [2.24, 2.45) is 5.73 Å². The molecule has 2 atom stereocenters. The van der Waals surface area contributed by atoms with Crippen LogP contribution in [-0.2, 0) is 30.1 Å². The lowest BCUT2D eigenvalue weighted by atomic mass is 9.88. The number of benzene rings is 3. The van der Waals surface area contributed by atoms with Crippen molar-refractivity contribution in [3.63, 3.8) is 0 Å². The summed E-state index contributed by atoms with van der Waals surface area (Å²) in [6.07, 6.45) is 3.73. The second-order valence-corrected chi connectivity index (χ2v) is 18.9. The molecular formula is C37H47N3O9S2. The van der Waals surface area contributed by atoms with E-state index in [1.807, 2.05) is 24.3 Å². The van der Waals surface area contributed by atoms with Crippen molar-refractivity contribution in [2.45, 2.75) is 82.8 Å². The van der Waals surface area contributed by atoms with Crippen LogP contribution in [0.3, 0.4) is 0 Å². The van der Waals surface area contributed by atoms with E-state index in [9.17, 15) is 27.0 Å². The Hall–Kier alpha value is -3.08. The number of hydrogen-bond acceptors (Lipinski definition) is 11. The number of nitrogens with two attached hydrogens (primary N) is 1. The monoisotopic (exact) mass is 741 g/mol. The molecule has 2 heterocycles. The predicted octanol–water partition coefficient (Wildman–Crippen LogP) is 2.95. The molecule has 12 nitrogen and oxygen atoms in total. The van der Waals surface area contributed by atoms with E-state index in [1.54, 1.807) is 37.4 Å². The fourth-order valence-electron chi connectivity index (χ4n) is 7.27. The molecule has 0 amide bonds. The maximum Gasteiger partial charge on any atom is 0.243 e. The fraction of sp³-hybridized carbons (Fsp3) is 0.514. The van der Waals surface area contributed by atoms with E-state index in [1.165, 1.54) is 16.4 Å². The van der Waals surface area contributed by atoms with Gasteiger partial charge in [-0.15, -0.1) is 0 Å². The van der Waals surface area contributed by atoms with Crippen LogP contribution in [0.25, 0.3) is 11.1 Å². The molecule has 2 aliphatic carbocycles. The highest BCUT2D eigenvalue weighted by Crippen LogP contribution is 2.47. The van der Waals surface area contributed by atoms with Crippen LogP contribution in [-0.4, -0.2) is 100 Å². The molecule has 2 saturated heterocycles. The van der Waals surface area contributed by atoms with Crippen LogP contribution in [0.5, 0.6) is 11.5 Å². The third-order valence-electron chi connectivity index (χ3n) is 11.1. The van der Waals surface area contributed by atoms with Crippen LogP contribution >= 0.6 is 0 Å². The lowest BCUT2D eigenvalue weighted by Crippen LogP contribution is -2.47. The van der Waals surface area contributed by atoms with Crippen LogP contribution in [0, 0.1) is 0 Å². The number of hydrogen-bond donors (Lipinski definition) is 4. The van der Waals surface area contributed by atoms with Gasteiger partial charge in [0.15, 0.2) is 9.84 Å². The number of ether oxygens (including phenoxy) is 3. The molecule has 2 aliphatic heterocycles. The molecule has 0 bridgehead atoms. The molecule has 3 aromatic carbocycles. The minimum Gasteiger partial charge on any atom is -0.496 e. The fourth-order valence-corrected chi connectivity index (χ4v) is 10.6. The van der Waals surface area contributed by atoms with Crippen molar-refractivity contribution in [3.8, 4) is 22.6 Å². The van der Waals surface area contributed by atoms with E-state index < -0.39 is 42.9 Å². The van der Waals surface area contributed by atoms with Gasteiger partial charge in [0.2, 0.25) is 10.0 Å². The van der Waals surface area contributed by atoms with E-state index >= 15 is 0 Å². The highest BCUT2D eigenvalue weighted by molar-refractivity contribution is 7.93. The number of sulfone groups is 1. The van der Waals surface area contributed by atoms with Crippen molar-refractivity contribution < 1.29 is 41.3 Å². The largest absolute Gasteiger partial charge is 0.496 e. The van der Waals surface area contributed by atoms with E-state index in [-0.39, 0.29) is 34.5 Å². The summed E-state index contributed by atoms with van der Waals surface area (Å²) in [7, 11) is -5.88. The van der Waals surface area contributed by atoms with Crippen molar-refractivity contribution in [3.05, 3.63) is 72.3 Å². The highest BCUT2D eigenvalue weighted by Gasteiger charge is 2.54. The summed E-state index contributed by atoms with van der Waals surface area (Å²) in [4.78, 5) is 0.310. The van der Waals surface area contributed by atoms with E-state index in [4.69, 9.17) is 19.9 Å². The number of aliphatic hydroxyl groups excluding tert-OH is 2. The predicted molar refractivity (Wildman–Crippen MR) is 191 cm³/mol. The van der Waals surface area contributed by atoms with Crippen LogP contribution in [0.4, 0.5) is 0 Å². The Kier molecular flexibility index (Phi) is 9.76. The van der Waals surface area contributed by atoms with Gasteiger partial charge in [-0.2, -0.15) is 4.31 Å². The zero-order valence-corrected chi connectivity index (χ0v) is 30.4. The number of sulfonamides is 1. The number of piperidine rings is 1. The molecular weight excluding hydrogens is 695 g/mol. The van der Waals surface area contributed by atoms with Gasteiger partial charge < -0.3 is 35.5 Å². The van der Waals surface area contributed by atoms with Gasteiger partial charge in [0.05, 0.1) is 40.5 Å². The molecule has 1 spiro atoms. The molecule has 2 saturated carbocycles. The van der Waals surface area contributed by atoms with Crippen molar-refractivity contribution >= 4 is 19.9 Å². The van der Waals surface area contributed by atoms with Crippen molar-refractivity contribution in [2.75, 3.05) is 46.6 Å². The Labute approximate surface area is 299 Å². The molecule has 51 heavy (non-hydrogen) atoms. The van der Waals surface area contributed by atoms with Gasteiger partial charge in [-0.25, -0.2) is 16.8 Å². The first kappa shape index (κ1) is 36.3. The lowest BCUT2D eigenvalue weighted by molar-refractivity contribution is -0.0312. The summed E-state index contributed by atoms with van der Waals surface area (Å²) in [5.74, 6) is 0.917. The van der Waals surface area contributed by atoms with E-state index in [2.05, 4.69) is 5.32 Å². The molecule has 4 aliphatic rings. The second-order valence-electron chi connectivity index (χ2n) is 14.6. The number of aliphatic hydroxyl groups is 2. The van der Waals surface area contributed by atoms with Gasteiger partial charge in [0.25, 0.3) is 0 Å². The Morgan fingerprint density at radius 1 is 0.961 bits per heavy atom. The van der Waals surface area contributed by atoms with Gasteiger partial charge in [0, 0.05) is 36.8 Å². The zero-order chi connectivity index (χ0) is 36.1. The standard InChI is InChI=1S/C37H47N3O9S2/c1-47-34-10-9-32(20-33(34)26-5-7-27(8-6-26)37(38)13-14-37)51(45,46)40-17-15-35(16-18-40)21-28(23-49-35)39-22-29(42)24-48-30-3-2-4-31(19-30)50(43,44)36(25-41)11-12-36/h2-10,19-20,28-29,39,41-42H,11-18,21-25,38H2,1H3. The smallest absolute Gasteiger partial charge is 0.243 e. The molecule has 14 heteroatoms. The summed E-state index contributed by atoms with van der Waals surface area (Å²) in [6, 6.07) is 19.0. The Bertz CT molecular complexity index is 1950. The van der Waals surface area contributed by atoms with Gasteiger partial charge in [-0.05, 0) is 92.5 Å². The van der Waals surface area contributed by atoms with E-state index in [0.29, 0.717) is 68.9 Å². The number of rotatable bonds is 14. The topological polar surface area (TPSA) is 178 Å². The number of nitrogens with one attached hydrogen (secondary N) is 1. The number of methoxy groups -OCH3 is 1. The maximum atomic E-state index is 13.8. The Morgan fingerprint density at radius 3 is 2.33 bits per heavy atom. The first-order chi connectivity index (χ1) is 24.3. The van der Waals surface area contributed by atoms with Crippen LogP contribution in [0.15, 0.2) is 76.5 Å². The summed E-state index contributed by atoms with van der Waals surface area (Å²) in [5.41, 5.74) is 8.29. The lowest BCUT2D eigenvalue weighted by Gasteiger charge is -2.38. The van der Waals surface area contributed by atoms with Crippen LogP contribution in [0.1, 0.15) is 50.5 Å². The number of nitrogens with zero attached hydrogens (tertiary/aromatic N) is 1. The van der Waals surface area contributed by atoms with E-state index in [0.717, 1.165) is 24.0 Å². The molecule has 3 aromatic rings. The summed E-state index contributed by atoms with van der Waals surface area (Å²) in [6.45, 7) is 0.888. The first-order valence-electron chi connectivity index (χ1n) is 17.5. The second kappa shape index (κ2) is 13.7. The third-order valence-corrected chi connectivity index (χ3v) is 15.5. The molecule has 7 rings (SSSR count). The normalized spacial score (nSPS) is 22.8. The van der Waals surface area contributed by atoms with Gasteiger partial charge in [-0.3, -0.25) is 0 Å². The van der Waals surface area contributed by atoms with Crippen LogP contribution in [0.2, 0.25) is 0 Å². The average Bonchev–Trinajstić information content (AvgIpc) is 4.08. The minimum absolute atomic E-state index is 0.0194. The summed E-state index contributed by atoms with van der Waals surface area (Å²) >= 11 is 0. The van der Waals surface area contributed by atoms with Crippen molar-refractivity contribution in [1.29, 1.82) is 0 Å². The maximum absolute atomic E-state index is 13.8. The quantitative estimate of drug-likeness (QED) is 0.191. The summed E-state index contributed by atoms with van der Waals surface area (Å²) in [5, 5.41) is 23.6. The first-order valence-corrected chi connectivity index (χ1v) is 20.5. The summed E-state index contributed by atoms with van der Waals surface area (Å²) < 4.78 is 71.5. The molecule has 276 valence electrons. The minimum atomic E-state index is -3.77. The Balaban J connectivity index is 0.906. The average molecular weight is 742 g/mol. The van der Waals surface area contributed by atoms with Gasteiger partial charge >= 0.3 is 0 Å². The molecule has 0 radical (unpaired) electrons. The molecule has 2 unspecified atom stereocenters. The Morgan fingerprint density at radius 2 is 1.69 bits per heavy atom. The molecule has 0 aromatic heterocycles.